The van der Waals surface area contributed by atoms with E-state index in [9.17, 15) is 30.6 Å². The third kappa shape index (κ3) is 1.49. The lowest BCUT2D eigenvalue weighted by Crippen LogP contribution is -2.51. The molecule has 0 heterocycles. The Hall–Kier alpha value is -0.240. The monoisotopic (exact) mass is 220 g/mol. The summed E-state index contributed by atoms with van der Waals surface area (Å²) >= 11 is 0. The quantitative estimate of drug-likeness (QED) is 0.256. The predicted octanol–water partition coefficient (Wildman–Crippen LogP) is -3.20. The number of hydrogen-bond acceptors (Lipinski definition) is 6. The molecular weight excluding hydrogens is 204 g/mol. The molecule has 0 radical (unpaired) electrons. The molecule has 0 saturated heterocycles. The summed E-state index contributed by atoms with van der Waals surface area (Å²) in [5.74, 6) is -1.66. The van der Waals surface area contributed by atoms with Gasteiger partial charge in [-0.1, -0.05) is 0 Å². The molecule has 6 nitrogen and oxygen atoms in total. The van der Waals surface area contributed by atoms with Gasteiger partial charge in [0.15, 0.2) is 0 Å². The molecule has 2 rings (SSSR count). The van der Waals surface area contributed by atoms with Crippen LogP contribution < -0.4 is 0 Å². The summed E-state index contributed by atoms with van der Waals surface area (Å²) in [5.41, 5.74) is 0. The minimum atomic E-state index is -1.38. The first-order valence-corrected chi connectivity index (χ1v) is 5.03. The minimum Gasteiger partial charge on any atom is -0.393 e. The first-order chi connectivity index (χ1) is 6.95. The second-order valence-electron chi connectivity index (χ2n) is 4.49. The van der Waals surface area contributed by atoms with Gasteiger partial charge in [-0.2, -0.15) is 0 Å². The topological polar surface area (TPSA) is 121 Å². The second kappa shape index (κ2) is 3.65. The molecule has 0 amide bonds. The van der Waals surface area contributed by atoms with Gasteiger partial charge in [0, 0.05) is 18.3 Å². The number of fused-ring (bicyclic) bond motifs is 1. The Balaban J connectivity index is 2.28. The second-order valence-corrected chi connectivity index (χ2v) is 4.49. The maximum atomic E-state index is 9.63. The van der Waals surface area contributed by atoms with Gasteiger partial charge in [0.05, 0.1) is 30.5 Å². The van der Waals surface area contributed by atoms with Gasteiger partial charge >= 0.3 is 0 Å². The van der Waals surface area contributed by atoms with Crippen molar-refractivity contribution in [3.63, 3.8) is 0 Å². The van der Waals surface area contributed by atoms with Gasteiger partial charge < -0.3 is 30.6 Å². The number of aliphatic hydroxyl groups excluding tert-OH is 6. The van der Waals surface area contributed by atoms with Crippen LogP contribution in [0.1, 0.15) is 6.42 Å². The largest absolute Gasteiger partial charge is 0.393 e. The van der Waals surface area contributed by atoms with Crippen molar-refractivity contribution in [2.45, 2.75) is 43.0 Å². The molecule has 6 N–H and O–H groups in total. The average Bonchev–Trinajstić information content (AvgIpc) is 2.40. The van der Waals surface area contributed by atoms with Crippen LogP contribution in [0.2, 0.25) is 0 Å². The highest BCUT2D eigenvalue weighted by atomic mass is 16.4. The van der Waals surface area contributed by atoms with Gasteiger partial charge in [-0.25, -0.2) is 0 Å². The molecule has 0 aromatic rings. The Labute approximate surface area is 86.4 Å². The van der Waals surface area contributed by atoms with Crippen molar-refractivity contribution in [2.75, 3.05) is 0 Å². The van der Waals surface area contributed by atoms with Crippen LogP contribution in [0.3, 0.4) is 0 Å². The number of aliphatic hydroxyl groups is 6. The highest BCUT2D eigenvalue weighted by Gasteiger charge is 2.58. The summed E-state index contributed by atoms with van der Waals surface area (Å²) in [7, 11) is 0. The van der Waals surface area contributed by atoms with Crippen molar-refractivity contribution in [1.82, 2.24) is 0 Å². The zero-order valence-corrected chi connectivity index (χ0v) is 8.01. The van der Waals surface area contributed by atoms with Crippen LogP contribution in [0.4, 0.5) is 0 Å². The Morgan fingerprint density at radius 1 is 0.533 bits per heavy atom. The Morgan fingerprint density at radius 2 is 1.07 bits per heavy atom. The standard InChI is InChI=1S/C9H16O6/c10-2-1-3(11)6(12)5-4(2)7(13)9(15)8(5)14/h2-15H,1H2/t2-,3-,4+,5-,6+,7+,8-,9-/m1/s1. The number of rotatable bonds is 0. The first kappa shape index (κ1) is 11.3. The van der Waals surface area contributed by atoms with Crippen molar-refractivity contribution in [3.05, 3.63) is 0 Å². The maximum absolute atomic E-state index is 9.63. The Morgan fingerprint density at radius 3 is 1.67 bits per heavy atom. The summed E-state index contributed by atoms with van der Waals surface area (Å²) in [6, 6.07) is 0. The van der Waals surface area contributed by atoms with E-state index in [1.54, 1.807) is 0 Å². The molecule has 0 aliphatic heterocycles. The van der Waals surface area contributed by atoms with Crippen molar-refractivity contribution in [2.24, 2.45) is 11.8 Å². The van der Waals surface area contributed by atoms with Gasteiger partial charge in [0.25, 0.3) is 0 Å². The molecule has 0 aromatic carbocycles. The zero-order valence-electron chi connectivity index (χ0n) is 8.01. The van der Waals surface area contributed by atoms with E-state index in [-0.39, 0.29) is 6.42 Å². The highest BCUT2D eigenvalue weighted by Crippen LogP contribution is 2.43. The van der Waals surface area contributed by atoms with Crippen molar-refractivity contribution >= 4 is 0 Å². The molecule has 2 fully saturated rings. The molecule has 8 atom stereocenters. The molecule has 0 bridgehead atoms. The van der Waals surface area contributed by atoms with Crippen LogP contribution in [0.5, 0.6) is 0 Å². The van der Waals surface area contributed by atoms with E-state index in [1.165, 1.54) is 0 Å². The fourth-order valence-electron chi connectivity index (χ4n) is 2.83. The smallest absolute Gasteiger partial charge is 0.106 e. The summed E-state index contributed by atoms with van der Waals surface area (Å²) in [5, 5.41) is 57.2. The predicted molar refractivity (Wildman–Crippen MR) is 47.6 cm³/mol. The van der Waals surface area contributed by atoms with E-state index in [2.05, 4.69) is 0 Å². The molecule has 15 heavy (non-hydrogen) atoms. The minimum absolute atomic E-state index is 0.0567. The zero-order chi connectivity index (χ0) is 11.3. The fraction of sp³-hybridized carbons (Fsp3) is 1.00. The summed E-state index contributed by atoms with van der Waals surface area (Å²) in [6.07, 6.45) is -7.39. The molecule has 0 unspecified atom stereocenters. The normalized spacial score (nSPS) is 60.4. The third-order valence-electron chi connectivity index (χ3n) is 3.65. The fourth-order valence-corrected chi connectivity index (χ4v) is 2.83. The van der Waals surface area contributed by atoms with E-state index < -0.39 is 48.5 Å². The Kier molecular flexibility index (Phi) is 2.74. The summed E-state index contributed by atoms with van der Waals surface area (Å²) in [6.45, 7) is 0. The Bertz CT molecular complexity index is 243. The van der Waals surface area contributed by atoms with E-state index in [0.29, 0.717) is 0 Å². The summed E-state index contributed by atoms with van der Waals surface area (Å²) < 4.78 is 0. The molecule has 2 saturated carbocycles. The molecule has 2 aliphatic carbocycles. The van der Waals surface area contributed by atoms with Gasteiger partial charge in [0.1, 0.15) is 6.10 Å². The number of hydrogen-bond donors (Lipinski definition) is 6. The molecule has 6 heteroatoms. The lowest BCUT2D eigenvalue weighted by molar-refractivity contribution is -0.137. The lowest BCUT2D eigenvalue weighted by atomic mass is 9.75. The summed E-state index contributed by atoms with van der Waals surface area (Å²) in [4.78, 5) is 0. The van der Waals surface area contributed by atoms with Crippen molar-refractivity contribution < 1.29 is 30.6 Å². The average molecular weight is 220 g/mol. The molecule has 88 valence electrons. The SMILES string of the molecule is O[C@@H]1[C@@H](O)[C@@H]2[C@H]([C@@H](O)[C@H](O)C[C@H]2O)[C@H]1O. The molecule has 0 aromatic heterocycles. The van der Waals surface area contributed by atoms with E-state index in [4.69, 9.17) is 0 Å². The van der Waals surface area contributed by atoms with Crippen molar-refractivity contribution in [1.29, 1.82) is 0 Å². The lowest BCUT2D eigenvalue weighted by Gasteiger charge is -2.39. The van der Waals surface area contributed by atoms with Crippen LogP contribution in [0, 0.1) is 11.8 Å². The van der Waals surface area contributed by atoms with E-state index in [0.717, 1.165) is 0 Å². The first-order valence-electron chi connectivity index (χ1n) is 5.03. The van der Waals surface area contributed by atoms with Gasteiger partial charge in [-0.05, 0) is 0 Å². The van der Waals surface area contributed by atoms with Crippen molar-refractivity contribution in [3.8, 4) is 0 Å². The van der Waals surface area contributed by atoms with Gasteiger partial charge in [-0.3, -0.25) is 0 Å². The molecule has 0 spiro atoms. The highest BCUT2D eigenvalue weighted by molar-refractivity contribution is 5.07. The van der Waals surface area contributed by atoms with Crippen LogP contribution in [-0.4, -0.2) is 67.3 Å². The third-order valence-corrected chi connectivity index (χ3v) is 3.65. The van der Waals surface area contributed by atoms with Crippen LogP contribution in [0.15, 0.2) is 0 Å². The van der Waals surface area contributed by atoms with Gasteiger partial charge in [-0.15, -0.1) is 0 Å². The molecular formula is C9H16O6. The van der Waals surface area contributed by atoms with E-state index in [1.807, 2.05) is 0 Å². The maximum Gasteiger partial charge on any atom is 0.106 e. The molecule has 2 aliphatic rings. The van der Waals surface area contributed by atoms with Gasteiger partial charge in [0.2, 0.25) is 0 Å². The van der Waals surface area contributed by atoms with Crippen LogP contribution in [0.25, 0.3) is 0 Å². The van der Waals surface area contributed by atoms with Crippen LogP contribution >= 0.6 is 0 Å². The van der Waals surface area contributed by atoms with Crippen LogP contribution in [-0.2, 0) is 0 Å². The van der Waals surface area contributed by atoms with E-state index >= 15 is 0 Å².